The molecule has 4 aromatic rings. The minimum absolute atomic E-state index is 0.264. The molecule has 0 aliphatic carbocycles. The summed E-state index contributed by atoms with van der Waals surface area (Å²) in [5.74, 6) is -0.472. The Kier molecular flexibility index (Phi) is 4.25. The predicted molar refractivity (Wildman–Crippen MR) is 109 cm³/mol. The fraction of sp³-hybridized carbons (Fsp3) is 0.261. The third-order valence-electron chi connectivity index (χ3n) is 5.47. The minimum Gasteiger partial charge on any atom is -0.396 e. The van der Waals surface area contributed by atoms with Crippen molar-refractivity contribution in [3.63, 3.8) is 0 Å². The van der Waals surface area contributed by atoms with E-state index < -0.39 is 17.4 Å². The van der Waals surface area contributed by atoms with Crippen LogP contribution in [0.2, 0.25) is 0 Å². The number of carbonyl (C=O) groups is 1. The van der Waals surface area contributed by atoms with Gasteiger partial charge in [-0.05, 0) is 37.9 Å². The smallest absolute Gasteiger partial charge is 0.249 e. The summed E-state index contributed by atoms with van der Waals surface area (Å²) in [5.41, 5.74) is 0.121. The Balaban J connectivity index is 1.72. The van der Waals surface area contributed by atoms with Gasteiger partial charge in [-0.3, -0.25) is 4.79 Å². The molecule has 1 amide bonds. The summed E-state index contributed by atoms with van der Waals surface area (Å²) in [6.45, 7) is 3.38. The first kappa shape index (κ1) is 17.7. The molecule has 0 aromatic heterocycles. The maximum atomic E-state index is 12.3. The van der Waals surface area contributed by atoms with Gasteiger partial charge in [0, 0.05) is 12.0 Å². The van der Waals surface area contributed by atoms with E-state index in [1.54, 1.807) is 13.8 Å². The SMILES string of the molecule is CC(C)(CO)[C@@H](O)C(=O)NCc1ccc2ccc3cccc4ccc1c2c34. The largest absolute Gasteiger partial charge is 0.396 e. The Morgan fingerprint density at radius 1 is 0.963 bits per heavy atom. The lowest BCUT2D eigenvalue weighted by Crippen LogP contribution is -2.45. The lowest BCUT2D eigenvalue weighted by Gasteiger charge is -2.27. The average molecular weight is 361 g/mol. The number of aliphatic hydroxyl groups is 2. The number of aliphatic hydroxyl groups excluding tert-OH is 2. The Labute approximate surface area is 157 Å². The summed E-state index contributed by atoms with van der Waals surface area (Å²) in [5, 5.41) is 29.5. The van der Waals surface area contributed by atoms with Gasteiger partial charge in [0.15, 0.2) is 0 Å². The van der Waals surface area contributed by atoms with Gasteiger partial charge in [0.05, 0.1) is 6.61 Å². The van der Waals surface area contributed by atoms with Crippen LogP contribution in [0.4, 0.5) is 0 Å². The molecule has 27 heavy (non-hydrogen) atoms. The number of rotatable bonds is 5. The Morgan fingerprint density at radius 3 is 2.22 bits per heavy atom. The van der Waals surface area contributed by atoms with E-state index in [-0.39, 0.29) is 6.61 Å². The van der Waals surface area contributed by atoms with Crippen LogP contribution in [-0.4, -0.2) is 28.8 Å². The normalized spacial score (nSPS) is 13.5. The van der Waals surface area contributed by atoms with E-state index in [0.717, 1.165) is 10.9 Å². The molecule has 0 spiro atoms. The van der Waals surface area contributed by atoms with Crippen LogP contribution in [0, 0.1) is 5.41 Å². The van der Waals surface area contributed by atoms with Crippen LogP contribution < -0.4 is 5.32 Å². The molecule has 4 rings (SSSR count). The van der Waals surface area contributed by atoms with Gasteiger partial charge < -0.3 is 15.5 Å². The van der Waals surface area contributed by atoms with Crippen LogP contribution in [0.5, 0.6) is 0 Å². The van der Waals surface area contributed by atoms with E-state index >= 15 is 0 Å². The molecule has 4 nitrogen and oxygen atoms in total. The molecule has 138 valence electrons. The fourth-order valence-electron chi connectivity index (χ4n) is 3.67. The highest BCUT2D eigenvalue weighted by molar-refractivity contribution is 6.23. The zero-order valence-corrected chi connectivity index (χ0v) is 15.5. The highest BCUT2D eigenvalue weighted by Crippen LogP contribution is 2.35. The van der Waals surface area contributed by atoms with Gasteiger partial charge in [0.25, 0.3) is 0 Å². The van der Waals surface area contributed by atoms with Crippen LogP contribution in [0.1, 0.15) is 19.4 Å². The van der Waals surface area contributed by atoms with Gasteiger partial charge in [0.1, 0.15) is 6.10 Å². The molecule has 1 atom stereocenters. The molecular formula is C23H23NO3. The zero-order chi connectivity index (χ0) is 19.2. The standard InChI is InChI=1S/C23H23NO3/c1-23(2,13-25)21(26)22(27)24-12-17-9-8-16-7-6-14-4-3-5-15-10-11-18(17)20(16)19(14)15/h3-11,21,25-26H,12-13H2,1-2H3,(H,24,27)/t21-/m0/s1. The Morgan fingerprint density at radius 2 is 1.56 bits per heavy atom. The van der Waals surface area contributed by atoms with E-state index in [2.05, 4.69) is 53.8 Å². The van der Waals surface area contributed by atoms with Crippen LogP contribution in [0.15, 0.2) is 54.6 Å². The van der Waals surface area contributed by atoms with Crippen molar-refractivity contribution in [1.82, 2.24) is 5.32 Å². The topological polar surface area (TPSA) is 69.6 Å². The van der Waals surface area contributed by atoms with Gasteiger partial charge in [0.2, 0.25) is 5.91 Å². The number of hydrogen-bond acceptors (Lipinski definition) is 3. The molecule has 0 saturated carbocycles. The van der Waals surface area contributed by atoms with Gasteiger partial charge in [-0.25, -0.2) is 0 Å². The summed E-state index contributed by atoms with van der Waals surface area (Å²) < 4.78 is 0. The molecule has 4 aromatic carbocycles. The Hall–Kier alpha value is -2.69. The van der Waals surface area contributed by atoms with Crippen molar-refractivity contribution < 1.29 is 15.0 Å². The van der Waals surface area contributed by atoms with Gasteiger partial charge in [-0.2, -0.15) is 0 Å². The van der Waals surface area contributed by atoms with E-state index in [0.29, 0.717) is 6.54 Å². The van der Waals surface area contributed by atoms with Crippen molar-refractivity contribution >= 4 is 38.2 Å². The number of hydrogen-bond donors (Lipinski definition) is 3. The summed E-state index contributed by atoms with van der Waals surface area (Å²) in [6.07, 6.45) is -1.26. The molecule has 0 aliphatic rings. The summed E-state index contributed by atoms with van der Waals surface area (Å²) in [4.78, 5) is 12.3. The average Bonchev–Trinajstić information content (AvgIpc) is 2.70. The molecular weight excluding hydrogens is 338 g/mol. The molecule has 0 heterocycles. The van der Waals surface area contributed by atoms with Crippen molar-refractivity contribution in [3.05, 3.63) is 60.2 Å². The molecule has 0 unspecified atom stereocenters. The lowest BCUT2D eigenvalue weighted by molar-refractivity contribution is -0.137. The van der Waals surface area contributed by atoms with Crippen LogP contribution in [0.25, 0.3) is 32.3 Å². The molecule has 0 radical (unpaired) electrons. The first-order chi connectivity index (χ1) is 12.9. The van der Waals surface area contributed by atoms with E-state index in [1.807, 2.05) is 6.07 Å². The van der Waals surface area contributed by atoms with E-state index in [4.69, 9.17) is 0 Å². The molecule has 0 saturated heterocycles. The first-order valence-electron chi connectivity index (χ1n) is 9.14. The van der Waals surface area contributed by atoms with Crippen molar-refractivity contribution in [2.45, 2.75) is 26.5 Å². The van der Waals surface area contributed by atoms with E-state index in [1.165, 1.54) is 26.9 Å². The lowest BCUT2D eigenvalue weighted by atomic mass is 9.87. The van der Waals surface area contributed by atoms with Gasteiger partial charge in [-0.1, -0.05) is 68.4 Å². The molecule has 0 fully saturated rings. The second-order valence-electron chi connectivity index (χ2n) is 7.85. The molecule has 4 heteroatoms. The maximum Gasteiger partial charge on any atom is 0.249 e. The molecule has 0 aliphatic heterocycles. The number of carbonyl (C=O) groups excluding carboxylic acids is 1. The second-order valence-corrected chi connectivity index (χ2v) is 7.85. The highest BCUT2D eigenvalue weighted by atomic mass is 16.3. The number of benzene rings is 4. The third kappa shape index (κ3) is 2.91. The number of amides is 1. The van der Waals surface area contributed by atoms with E-state index in [9.17, 15) is 15.0 Å². The third-order valence-corrected chi connectivity index (χ3v) is 5.47. The highest BCUT2D eigenvalue weighted by Gasteiger charge is 2.32. The summed E-state index contributed by atoms with van der Waals surface area (Å²) in [7, 11) is 0. The summed E-state index contributed by atoms with van der Waals surface area (Å²) >= 11 is 0. The van der Waals surface area contributed by atoms with Crippen molar-refractivity contribution in [3.8, 4) is 0 Å². The van der Waals surface area contributed by atoms with Crippen LogP contribution in [0.3, 0.4) is 0 Å². The minimum atomic E-state index is -1.26. The fourth-order valence-corrected chi connectivity index (χ4v) is 3.67. The number of nitrogens with one attached hydrogen (secondary N) is 1. The van der Waals surface area contributed by atoms with Gasteiger partial charge in [-0.15, -0.1) is 0 Å². The van der Waals surface area contributed by atoms with Gasteiger partial charge >= 0.3 is 0 Å². The maximum absolute atomic E-state index is 12.3. The quantitative estimate of drug-likeness (QED) is 0.476. The monoisotopic (exact) mass is 361 g/mol. The summed E-state index contributed by atoms with van der Waals surface area (Å²) in [6, 6.07) is 18.9. The second kappa shape index (κ2) is 6.48. The van der Waals surface area contributed by atoms with Crippen molar-refractivity contribution in [1.29, 1.82) is 0 Å². The van der Waals surface area contributed by atoms with Crippen LogP contribution >= 0.6 is 0 Å². The molecule has 3 N–H and O–H groups in total. The van der Waals surface area contributed by atoms with Crippen LogP contribution in [-0.2, 0) is 11.3 Å². The molecule has 0 bridgehead atoms. The predicted octanol–water partition coefficient (Wildman–Crippen LogP) is 3.58. The Bertz CT molecular complexity index is 1120. The zero-order valence-electron chi connectivity index (χ0n) is 15.5. The van der Waals surface area contributed by atoms with Crippen molar-refractivity contribution in [2.24, 2.45) is 5.41 Å². The van der Waals surface area contributed by atoms with Crippen molar-refractivity contribution in [2.75, 3.05) is 6.61 Å². The first-order valence-corrected chi connectivity index (χ1v) is 9.14.